The Balaban J connectivity index is 1.95. The zero-order valence-corrected chi connectivity index (χ0v) is 18.4. The monoisotopic (exact) mass is 472 g/mol. The summed E-state index contributed by atoms with van der Waals surface area (Å²) in [5.74, 6) is -0.234. The van der Waals surface area contributed by atoms with Crippen molar-refractivity contribution in [1.29, 1.82) is 0 Å². The van der Waals surface area contributed by atoms with Gasteiger partial charge in [-0.05, 0) is 55.3 Å². The number of benzene rings is 2. The van der Waals surface area contributed by atoms with E-state index in [0.717, 1.165) is 16.5 Å². The molecule has 1 aliphatic heterocycles. The maximum Gasteiger partial charge on any atom is 0.335 e. The molecule has 0 bridgehead atoms. The van der Waals surface area contributed by atoms with Crippen molar-refractivity contribution in [2.24, 2.45) is 5.10 Å². The molecule has 0 saturated heterocycles. The number of carboxylic acid groups (broad SMARTS) is 1. The van der Waals surface area contributed by atoms with Crippen LogP contribution in [0.5, 0.6) is 11.5 Å². The Morgan fingerprint density at radius 2 is 2.03 bits per heavy atom. The average Bonchev–Trinajstić information content (AvgIpc) is 3.01. The van der Waals surface area contributed by atoms with Gasteiger partial charge in [0, 0.05) is 4.47 Å². The lowest BCUT2D eigenvalue weighted by Gasteiger charge is -2.13. The highest BCUT2D eigenvalue weighted by molar-refractivity contribution is 9.10. The van der Waals surface area contributed by atoms with Gasteiger partial charge in [0.05, 0.1) is 36.3 Å². The van der Waals surface area contributed by atoms with E-state index >= 15 is 0 Å². The van der Waals surface area contributed by atoms with E-state index < -0.39 is 5.97 Å². The number of hydrogen-bond donors (Lipinski definition) is 1. The van der Waals surface area contributed by atoms with E-state index in [-0.39, 0.29) is 11.5 Å². The van der Waals surface area contributed by atoms with Crippen LogP contribution in [0.2, 0.25) is 0 Å². The molecule has 7 nitrogen and oxygen atoms in total. The molecule has 3 rings (SSSR count). The molecule has 2 aromatic carbocycles. The lowest BCUT2D eigenvalue weighted by Crippen LogP contribution is -2.21. The van der Waals surface area contributed by atoms with Gasteiger partial charge in [0.2, 0.25) is 0 Å². The van der Waals surface area contributed by atoms with Crippen molar-refractivity contribution >= 4 is 45.3 Å². The third kappa shape index (κ3) is 4.38. The lowest BCUT2D eigenvalue weighted by atomic mass is 10.1. The Morgan fingerprint density at radius 3 is 2.70 bits per heavy atom. The number of hydrazone groups is 1. The fourth-order valence-electron chi connectivity index (χ4n) is 2.93. The van der Waals surface area contributed by atoms with Crippen molar-refractivity contribution in [3.63, 3.8) is 0 Å². The fraction of sp³-hybridized carbons (Fsp3) is 0.227. The second kappa shape index (κ2) is 9.13. The molecular formula is C22H21BrN2O5. The summed E-state index contributed by atoms with van der Waals surface area (Å²) in [6.45, 7) is 4.32. The molecule has 8 heteroatoms. The third-order valence-electron chi connectivity index (χ3n) is 4.44. The van der Waals surface area contributed by atoms with Gasteiger partial charge in [0.1, 0.15) is 0 Å². The normalized spacial score (nSPS) is 14.8. The largest absolute Gasteiger partial charge is 0.493 e. The molecule has 0 fully saturated rings. The van der Waals surface area contributed by atoms with Crippen molar-refractivity contribution in [2.75, 3.05) is 18.7 Å². The molecule has 0 unspecified atom stereocenters. The van der Waals surface area contributed by atoms with Gasteiger partial charge in [-0.25, -0.2) is 4.79 Å². The summed E-state index contributed by atoms with van der Waals surface area (Å²) < 4.78 is 11.9. The first-order valence-electron chi connectivity index (χ1n) is 9.31. The minimum Gasteiger partial charge on any atom is -0.493 e. The molecule has 0 atom stereocenters. The smallest absolute Gasteiger partial charge is 0.335 e. The van der Waals surface area contributed by atoms with E-state index in [1.807, 2.05) is 6.92 Å². The number of hydrogen-bond acceptors (Lipinski definition) is 5. The number of carbonyl (C=O) groups is 2. The van der Waals surface area contributed by atoms with Crippen LogP contribution in [0, 0.1) is 0 Å². The van der Waals surface area contributed by atoms with E-state index in [1.54, 1.807) is 44.4 Å². The summed E-state index contributed by atoms with van der Waals surface area (Å²) in [4.78, 5) is 24.2. The zero-order valence-electron chi connectivity index (χ0n) is 16.8. The number of aromatic carboxylic acids is 1. The van der Waals surface area contributed by atoms with Crippen LogP contribution >= 0.6 is 15.9 Å². The standard InChI is InChI=1S/C22H21BrN2O5/c1-4-8-30-20-12-18(23)15(11-19(20)29-3)10-17-13(2)24-25(21(17)26)16-7-5-6-14(9-16)22(27)28/h5-7,9-12H,4,8H2,1-3H3,(H,27,28). The van der Waals surface area contributed by atoms with Crippen LogP contribution in [0.15, 0.2) is 51.5 Å². The number of ether oxygens (including phenoxy) is 2. The summed E-state index contributed by atoms with van der Waals surface area (Å²) in [5, 5.41) is 14.7. The summed E-state index contributed by atoms with van der Waals surface area (Å²) in [6.07, 6.45) is 2.59. The highest BCUT2D eigenvalue weighted by Gasteiger charge is 2.29. The van der Waals surface area contributed by atoms with Crippen molar-refractivity contribution < 1.29 is 24.2 Å². The highest BCUT2D eigenvalue weighted by Crippen LogP contribution is 2.35. The quantitative estimate of drug-likeness (QED) is 0.587. The van der Waals surface area contributed by atoms with E-state index in [4.69, 9.17) is 9.47 Å². The molecule has 0 saturated carbocycles. The average molecular weight is 473 g/mol. The van der Waals surface area contributed by atoms with Crippen LogP contribution in [0.25, 0.3) is 6.08 Å². The molecule has 1 amide bonds. The Morgan fingerprint density at radius 1 is 1.27 bits per heavy atom. The van der Waals surface area contributed by atoms with Crippen LogP contribution < -0.4 is 14.5 Å². The minimum atomic E-state index is -1.07. The summed E-state index contributed by atoms with van der Waals surface area (Å²) in [7, 11) is 1.56. The van der Waals surface area contributed by atoms with Gasteiger partial charge in [-0.15, -0.1) is 0 Å². The molecule has 1 aliphatic rings. The molecule has 30 heavy (non-hydrogen) atoms. The SMILES string of the molecule is CCCOc1cc(Br)c(C=C2C(=O)N(c3cccc(C(=O)O)c3)N=C2C)cc1OC. The van der Waals surface area contributed by atoms with Gasteiger partial charge in [-0.3, -0.25) is 4.79 Å². The number of halogens is 1. The molecule has 0 aromatic heterocycles. The fourth-order valence-corrected chi connectivity index (χ4v) is 3.37. The maximum atomic E-state index is 13.0. The molecule has 1 heterocycles. The topological polar surface area (TPSA) is 88.4 Å². The van der Waals surface area contributed by atoms with Gasteiger partial charge in [0.25, 0.3) is 5.91 Å². The van der Waals surface area contributed by atoms with Gasteiger partial charge in [-0.2, -0.15) is 10.1 Å². The van der Waals surface area contributed by atoms with Gasteiger partial charge >= 0.3 is 5.97 Å². The van der Waals surface area contributed by atoms with Gasteiger partial charge < -0.3 is 14.6 Å². The molecule has 0 aliphatic carbocycles. The van der Waals surface area contributed by atoms with Crippen molar-refractivity contribution in [2.45, 2.75) is 20.3 Å². The number of anilines is 1. The Bertz CT molecular complexity index is 1060. The summed E-state index contributed by atoms with van der Waals surface area (Å²) in [6, 6.07) is 9.69. The van der Waals surface area contributed by atoms with Gasteiger partial charge in [0.15, 0.2) is 11.5 Å². The second-order valence-electron chi connectivity index (χ2n) is 6.59. The first-order valence-corrected chi connectivity index (χ1v) is 10.1. The number of carbonyl (C=O) groups excluding carboxylic acids is 1. The van der Waals surface area contributed by atoms with Crippen LogP contribution in [0.4, 0.5) is 5.69 Å². The molecule has 0 radical (unpaired) electrons. The summed E-state index contributed by atoms with van der Waals surface area (Å²) >= 11 is 3.52. The first kappa shape index (κ1) is 21.6. The van der Waals surface area contributed by atoms with Gasteiger partial charge in [-0.1, -0.05) is 28.9 Å². The molecule has 2 aromatic rings. The van der Waals surface area contributed by atoms with Crippen LogP contribution in [0.3, 0.4) is 0 Å². The summed E-state index contributed by atoms with van der Waals surface area (Å²) in [5.41, 5.74) is 2.14. The molecule has 156 valence electrons. The van der Waals surface area contributed by atoms with E-state index in [2.05, 4.69) is 21.0 Å². The number of methoxy groups -OCH3 is 1. The van der Waals surface area contributed by atoms with Crippen LogP contribution in [-0.4, -0.2) is 36.4 Å². The predicted octanol–water partition coefficient (Wildman–Crippen LogP) is 4.75. The van der Waals surface area contributed by atoms with Crippen LogP contribution in [0.1, 0.15) is 36.2 Å². The number of nitrogens with zero attached hydrogens (tertiary/aromatic N) is 2. The number of carboxylic acids is 1. The van der Waals surface area contributed by atoms with E-state index in [9.17, 15) is 14.7 Å². The highest BCUT2D eigenvalue weighted by atomic mass is 79.9. The Labute approximate surface area is 182 Å². The van der Waals surface area contributed by atoms with E-state index in [0.29, 0.717) is 35.1 Å². The van der Waals surface area contributed by atoms with E-state index in [1.165, 1.54) is 17.1 Å². The lowest BCUT2D eigenvalue weighted by molar-refractivity contribution is -0.114. The maximum absolute atomic E-state index is 13.0. The first-order chi connectivity index (χ1) is 14.3. The van der Waals surface area contributed by atoms with Crippen molar-refractivity contribution in [1.82, 2.24) is 0 Å². The molecule has 0 spiro atoms. The zero-order chi connectivity index (χ0) is 21.8. The Hall–Kier alpha value is -3.13. The predicted molar refractivity (Wildman–Crippen MR) is 118 cm³/mol. The third-order valence-corrected chi connectivity index (χ3v) is 5.13. The number of rotatable bonds is 7. The molecular weight excluding hydrogens is 452 g/mol. The molecule has 1 N–H and O–H groups in total. The van der Waals surface area contributed by atoms with Crippen molar-refractivity contribution in [3.8, 4) is 11.5 Å². The number of amides is 1. The Kier molecular flexibility index (Phi) is 6.56. The second-order valence-corrected chi connectivity index (χ2v) is 7.44. The minimum absolute atomic E-state index is 0.0840. The van der Waals surface area contributed by atoms with Crippen molar-refractivity contribution in [3.05, 3.63) is 57.6 Å². The van der Waals surface area contributed by atoms with Crippen LogP contribution in [-0.2, 0) is 4.79 Å².